The number of benzene rings is 2. The van der Waals surface area contributed by atoms with Crippen LogP contribution in [0.4, 0.5) is 11.4 Å². The number of sulfonamides is 1. The van der Waals surface area contributed by atoms with Gasteiger partial charge in [0, 0.05) is 55.0 Å². The Bertz CT molecular complexity index is 1660. The van der Waals surface area contributed by atoms with Crippen molar-refractivity contribution in [2.45, 2.75) is 55.5 Å². The predicted molar refractivity (Wildman–Crippen MR) is 160 cm³/mol. The summed E-state index contributed by atoms with van der Waals surface area (Å²) in [5.41, 5.74) is 2.38. The predicted octanol–water partition coefficient (Wildman–Crippen LogP) is 3.96. The Morgan fingerprint density at radius 1 is 0.952 bits per heavy atom. The second kappa shape index (κ2) is 11.4. The van der Waals surface area contributed by atoms with Crippen LogP contribution in [-0.4, -0.2) is 52.2 Å². The summed E-state index contributed by atoms with van der Waals surface area (Å²) in [5.74, 6) is 0.675. The zero-order chi connectivity index (χ0) is 29.4. The molecule has 1 saturated heterocycles. The molecule has 2 atom stereocenters. The third-order valence-electron chi connectivity index (χ3n) is 8.67. The summed E-state index contributed by atoms with van der Waals surface area (Å²) >= 11 is 0. The Morgan fingerprint density at radius 2 is 1.76 bits per heavy atom. The van der Waals surface area contributed by atoms with Gasteiger partial charge in [0.05, 0.1) is 25.6 Å². The summed E-state index contributed by atoms with van der Waals surface area (Å²) in [6.45, 7) is 1.89. The van der Waals surface area contributed by atoms with Crippen molar-refractivity contribution < 1.29 is 22.7 Å². The summed E-state index contributed by atoms with van der Waals surface area (Å²) in [7, 11) is -1.27. The molecule has 1 aliphatic carbocycles. The number of carbonyl (C=O) groups excluding carboxylic acids is 1. The van der Waals surface area contributed by atoms with Gasteiger partial charge in [0.2, 0.25) is 0 Å². The first-order chi connectivity index (χ1) is 20.3. The van der Waals surface area contributed by atoms with Crippen LogP contribution in [0.15, 0.2) is 64.3 Å². The molecule has 3 heterocycles. The number of rotatable bonds is 8. The number of aromatic nitrogens is 1. The number of piperidine rings is 1. The average Bonchev–Trinajstić information content (AvgIpc) is 3.50. The first-order valence-electron chi connectivity index (χ1n) is 14.4. The quantitative estimate of drug-likeness (QED) is 0.407. The van der Waals surface area contributed by atoms with Gasteiger partial charge in [-0.2, -0.15) is 0 Å². The third kappa shape index (κ3) is 5.45. The molecular formula is C31H36N4O6S. The van der Waals surface area contributed by atoms with Crippen molar-refractivity contribution in [1.29, 1.82) is 0 Å². The average molecular weight is 593 g/mol. The number of carbonyl (C=O) groups is 1. The van der Waals surface area contributed by atoms with E-state index in [0.717, 1.165) is 37.8 Å². The minimum absolute atomic E-state index is 0.00830. The number of nitrogens with zero attached hydrogens (tertiary/aromatic N) is 2. The standard InChI is InChI=1S/C31H36N4O6S/c1-40-24-11-13-28(41-2)29(16-24)42(38,39)33-25-15-21(31(37)32-23-6-3-4-7-23)10-12-27(25)34-17-20-14-22(19-34)26-8-5-9-30(36)35(26)18-20/h5,8-13,15-16,20,22-23,33H,3-4,6-7,14,17-19H2,1-2H3,(H,32,37). The minimum Gasteiger partial charge on any atom is -0.497 e. The van der Waals surface area contributed by atoms with Crippen LogP contribution in [0.1, 0.15) is 54.1 Å². The van der Waals surface area contributed by atoms with Crippen LogP contribution in [0, 0.1) is 5.92 Å². The lowest BCUT2D eigenvalue weighted by Crippen LogP contribution is -2.47. The zero-order valence-electron chi connectivity index (χ0n) is 23.8. The fourth-order valence-corrected chi connectivity index (χ4v) is 7.91. The van der Waals surface area contributed by atoms with E-state index in [9.17, 15) is 18.0 Å². The maximum atomic E-state index is 13.8. The molecular weight excluding hydrogens is 556 g/mol. The number of hydrogen-bond acceptors (Lipinski definition) is 7. The van der Waals surface area contributed by atoms with Gasteiger partial charge in [-0.1, -0.05) is 18.9 Å². The van der Waals surface area contributed by atoms with Crippen molar-refractivity contribution >= 4 is 27.3 Å². The highest BCUT2D eigenvalue weighted by molar-refractivity contribution is 7.92. The molecule has 6 rings (SSSR count). The highest BCUT2D eigenvalue weighted by atomic mass is 32.2. The van der Waals surface area contributed by atoms with Crippen LogP contribution in [0.2, 0.25) is 0 Å². The number of fused-ring (bicyclic) bond motifs is 4. The number of methoxy groups -OCH3 is 2. The van der Waals surface area contributed by atoms with E-state index in [1.165, 1.54) is 20.3 Å². The fraction of sp³-hybridized carbons (Fsp3) is 0.419. The van der Waals surface area contributed by atoms with Crippen LogP contribution in [0.5, 0.6) is 11.5 Å². The highest BCUT2D eigenvalue weighted by Gasteiger charge is 2.36. The third-order valence-corrected chi connectivity index (χ3v) is 10.1. The molecule has 10 nitrogen and oxygen atoms in total. The summed E-state index contributed by atoms with van der Waals surface area (Å²) in [6, 6.07) is 15.3. The first kappa shape index (κ1) is 28.1. The molecule has 2 fully saturated rings. The topological polar surface area (TPSA) is 119 Å². The van der Waals surface area contributed by atoms with Crippen molar-refractivity contribution in [3.05, 3.63) is 76.2 Å². The van der Waals surface area contributed by atoms with Crippen LogP contribution in [-0.2, 0) is 16.6 Å². The van der Waals surface area contributed by atoms with E-state index in [1.54, 1.807) is 36.4 Å². The molecule has 222 valence electrons. The molecule has 2 N–H and O–H groups in total. The van der Waals surface area contributed by atoms with Crippen molar-refractivity contribution in [3.63, 3.8) is 0 Å². The van der Waals surface area contributed by atoms with Gasteiger partial charge in [-0.25, -0.2) is 8.42 Å². The number of pyridine rings is 1. The fourth-order valence-electron chi connectivity index (χ4n) is 6.66. The van der Waals surface area contributed by atoms with Crippen molar-refractivity contribution in [2.75, 3.05) is 36.9 Å². The van der Waals surface area contributed by atoms with Crippen LogP contribution >= 0.6 is 0 Å². The normalized spacial score (nSPS) is 20.1. The second-order valence-corrected chi connectivity index (χ2v) is 13.1. The second-order valence-electron chi connectivity index (χ2n) is 11.4. The van der Waals surface area contributed by atoms with E-state index in [0.29, 0.717) is 42.3 Å². The smallest absolute Gasteiger partial charge is 0.265 e. The van der Waals surface area contributed by atoms with Gasteiger partial charge < -0.3 is 24.3 Å². The Balaban J connectivity index is 1.37. The molecule has 1 amide bonds. The summed E-state index contributed by atoms with van der Waals surface area (Å²) < 4.78 is 43.0. The summed E-state index contributed by atoms with van der Waals surface area (Å²) in [5, 5.41) is 3.10. The SMILES string of the molecule is COc1ccc(OC)c(S(=O)(=O)Nc2cc(C(=O)NC3CCCC3)ccc2N2CC3CC(C2)c2cccc(=O)n2C3)c1. The molecule has 2 aliphatic heterocycles. The molecule has 2 bridgehead atoms. The van der Waals surface area contributed by atoms with Crippen LogP contribution in [0.3, 0.4) is 0 Å². The number of amides is 1. The van der Waals surface area contributed by atoms with E-state index in [1.807, 2.05) is 16.7 Å². The zero-order valence-corrected chi connectivity index (χ0v) is 24.7. The lowest BCUT2D eigenvalue weighted by molar-refractivity contribution is 0.0938. The van der Waals surface area contributed by atoms with Crippen LogP contribution < -0.4 is 30.0 Å². The van der Waals surface area contributed by atoms with E-state index in [2.05, 4.69) is 14.9 Å². The van der Waals surface area contributed by atoms with Gasteiger partial charge in [0.1, 0.15) is 16.4 Å². The Morgan fingerprint density at radius 3 is 2.52 bits per heavy atom. The van der Waals surface area contributed by atoms with Gasteiger partial charge in [0.25, 0.3) is 21.5 Å². The lowest BCUT2D eigenvalue weighted by atomic mass is 9.83. The van der Waals surface area contributed by atoms with Gasteiger partial charge in [-0.15, -0.1) is 0 Å². The molecule has 2 unspecified atom stereocenters. The Kier molecular flexibility index (Phi) is 7.61. The molecule has 11 heteroatoms. The molecule has 42 heavy (non-hydrogen) atoms. The first-order valence-corrected chi connectivity index (χ1v) is 15.9. The maximum Gasteiger partial charge on any atom is 0.265 e. The lowest BCUT2D eigenvalue weighted by Gasteiger charge is -2.44. The van der Waals surface area contributed by atoms with Gasteiger partial charge in [-0.3, -0.25) is 14.3 Å². The van der Waals surface area contributed by atoms with E-state index >= 15 is 0 Å². The van der Waals surface area contributed by atoms with Gasteiger partial charge in [-0.05, 0) is 61.6 Å². The van der Waals surface area contributed by atoms with Crippen molar-refractivity contribution in [2.24, 2.45) is 5.92 Å². The molecule has 0 radical (unpaired) electrons. The molecule has 1 aromatic heterocycles. The molecule has 3 aliphatic rings. The van der Waals surface area contributed by atoms with Gasteiger partial charge in [0.15, 0.2) is 0 Å². The van der Waals surface area contributed by atoms with E-state index in [4.69, 9.17) is 9.47 Å². The molecule has 3 aromatic rings. The number of ether oxygens (including phenoxy) is 2. The van der Waals surface area contributed by atoms with Crippen molar-refractivity contribution in [3.8, 4) is 11.5 Å². The largest absolute Gasteiger partial charge is 0.497 e. The monoisotopic (exact) mass is 592 g/mol. The van der Waals surface area contributed by atoms with E-state index < -0.39 is 10.0 Å². The summed E-state index contributed by atoms with van der Waals surface area (Å²) in [4.78, 5) is 27.8. The van der Waals surface area contributed by atoms with E-state index in [-0.39, 0.29) is 40.0 Å². The van der Waals surface area contributed by atoms with Crippen LogP contribution in [0.25, 0.3) is 0 Å². The summed E-state index contributed by atoms with van der Waals surface area (Å²) in [6.07, 6.45) is 5.03. The molecule has 0 spiro atoms. The number of nitrogens with one attached hydrogen (secondary N) is 2. The Hall–Kier alpha value is -3.99. The Labute approximate surface area is 245 Å². The molecule has 2 aromatic carbocycles. The number of anilines is 2. The minimum atomic E-state index is -4.15. The van der Waals surface area contributed by atoms with Crippen molar-refractivity contribution in [1.82, 2.24) is 9.88 Å². The molecule has 1 saturated carbocycles. The van der Waals surface area contributed by atoms with Gasteiger partial charge >= 0.3 is 0 Å². The maximum absolute atomic E-state index is 13.8. The number of hydrogen-bond donors (Lipinski definition) is 2. The highest BCUT2D eigenvalue weighted by Crippen LogP contribution is 2.40.